The van der Waals surface area contributed by atoms with Gasteiger partial charge < -0.3 is 10.1 Å². The zero-order chi connectivity index (χ0) is 16.0. The van der Waals surface area contributed by atoms with Gasteiger partial charge in [-0.3, -0.25) is 0 Å². The molecule has 2 nitrogen and oxygen atoms in total. The quantitative estimate of drug-likeness (QED) is 0.709. The maximum atomic E-state index is 14.5. The number of anilines is 1. The van der Waals surface area contributed by atoms with Gasteiger partial charge in [-0.2, -0.15) is 0 Å². The maximum absolute atomic E-state index is 14.5. The minimum Gasteiger partial charge on any atom is -0.497 e. The normalized spacial score (nSPS) is 24.7. The molecule has 4 rings (SSSR count). The van der Waals surface area contributed by atoms with Gasteiger partial charge in [0.15, 0.2) is 0 Å². The summed E-state index contributed by atoms with van der Waals surface area (Å²) in [5.74, 6) is 1.26. The van der Waals surface area contributed by atoms with Crippen LogP contribution in [0.25, 0.3) is 0 Å². The fraction of sp³-hybridized carbons (Fsp3) is 0.263. The first-order valence-electron chi connectivity index (χ1n) is 7.73. The van der Waals surface area contributed by atoms with Crippen molar-refractivity contribution >= 4 is 21.6 Å². The van der Waals surface area contributed by atoms with Gasteiger partial charge in [-0.05, 0) is 47.7 Å². The van der Waals surface area contributed by atoms with Gasteiger partial charge in [0.05, 0.1) is 18.8 Å². The van der Waals surface area contributed by atoms with Crippen LogP contribution in [0.1, 0.15) is 29.5 Å². The summed E-state index contributed by atoms with van der Waals surface area (Å²) in [7, 11) is 1.67. The molecule has 1 aliphatic carbocycles. The summed E-state index contributed by atoms with van der Waals surface area (Å²) in [4.78, 5) is 0. The van der Waals surface area contributed by atoms with Crippen LogP contribution in [0, 0.1) is 11.7 Å². The van der Waals surface area contributed by atoms with Gasteiger partial charge in [-0.15, -0.1) is 0 Å². The highest BCUT2D eigenvalue weighted by Gasteiger charge is 2.39. The molecule has 118 valence electrons. The van der Waals surface area contributed by atoms with Crippen LogP contribution in [0.3, 0.4) is 0 Å². The van der Waals surface area contributed by atoms with Crippen molar-refractivity contribution < 1.29 is 9.13 Å². The number of methoxy groups -OCH3 is 1. The van der Waals surface area contributed by atoms with Crippen molar-refractivity contribution in [3.8, 4) is 5.75 Å². The third-order valence-corrected chi connectivity index (χ3v) is 5.30. The van der Waals surface area contributed by atoms with Crippen molar-refractivity contribution in [3.63, 3.8) is 0 Å². The number of ether oxygens (including phenoxy) is 1. The summed E-state index contributed by atoms with van der Waals surface area (Å²) in [6.07, 6.45) is 5.41. The predicted molar refractivity (Wildman–Crippen MR) is 93.4 cm³/mol. The molecule has 1 heterocycles. The molecule has 3 atom stereocenters. The number of allylic oxidation sites excluding steroid dienone is 2. The highest BCUT2D eigenvalue weighted by molar-refractivity contribution is 9.10. The Morgan fingerprint density at radius 1 is 1.26 bits per heavy atom. The van der Waals surface area contributed by atoms with Crippen LogP contribution in [0.15, 0.2) is 53.0 Å². The molecule has 0 amide bonds. The van der Waals surface area contributed by atoms with E-state index in [1.54, 1.807) is 7.11 Å². The van der Waals surface area contributed by atoms with Crippen molar-refractivity contribution in [1.29, 1.82) is 0 Å². The molecular formula is C19H17BrFNO. The van der Waals surface area contributed by atoms with E-state index >= 15 is 0 Å². The Bertz CT molecular complexity index is 789. The monoisotopic (exact) mass is 373 g/mol. The van der Waals surface area contributed by atoms with Gasteiger partial charge in [0.2, 0.25) is 0 Å². The molecule has 0 unspecified atom stereocenters. The summed E-state index contributed by atoms with van der Waals surface area (Å²) >= 11 is 3.41. The zero-order valence-electron chi connectivity index (χ0n) is 12.7. The van der Waals surface area contributed by atoms with Gasteiger partial charge in [0, 0.05) is 10.4 Å². The van der Waals surface area contributed by atoms with E-state index in [1.807, 2.05) is 24.3 Å². The molecule has 2 aromatic carbocycles. The van der Waals surface area contributed by atoms with Crippen LogP contribution in [-0.4, -0.2) is 7.11 Å². The van der Waals surface area contributed by atoms with Gasteiger partial charge in [-0.25, -0.2) is 4.39 Å². The third-order valence-electron chi connectivity index (χ3n) is 4.84. The number of hydrogen-bond donors (Lipinski definition) is 1. The first-order valence-corrected chi connectivity index (χ1v) is 8.53. The second-order valence-electron chi connectivity index (χ2n) is 6.10. The standard InChI is InChI=1S/C19H17BrFNO/c1-23-13-5-2-4-11(8-13)18-15-7-3-6-14(15)16-9-12(20)10-17(21)19(16)22-18/h2-6,8-10,14-15,18,22H,7H2,1H3/t14-,15+,18+/m0/s1. The van der Waals surface area contributed by atoms with Gasteiger partial charge in [-0.1, -0.05) is 40.2 Å². The molecule has 0 fully saturated rings. The van der Waals surface area contributed by atoms with Crippen molar-refractivity contribution in [3.05, 3.63) is 70.0 Å². The Hall–Kier alpha value is -1.81. The van der Waals surface area contributed by atoms with E-state index in [0.29, 0.717) is 11.6 Å². The van der Waals surface area contributed by atoms with Crippen molar-refractivity contribution in [1.82, 2.24) is 0 Å². The number of hydrogen-bond acceptors (Lipinski definition) is 2. The molecule has 2 aliphatic rings. The Kier molecular flexibility index (Phi) is 3.64. The minimum atomic E-state index is -0.207. The fourth-order valence-corrected chi connectivity index (χ4v) is 4.23. The van der Waals surface area contributed by atoms with E-state index < -0.39 is 0 Å². The molecule has 1 aliphatic heterocycles. The van der Waals surface area contributed by atoms with Crippen molar-refractivity contribution in [2.45, 2.75) is 18.4 Å². The summed E-state index contributed by atoms with van der Waals surface area (Å²) in [6, 6.07) is 11.7. The molecule has 0 saturated heterocycles. The van der Waals surface area contributed by atoms with Crippen LogP contribution >= 0.6 is 15.9 Å². The number of benzene rings is 2. The lowest BCUT2D eigenvalue weighted by Crippen LogP contribution is -2.29. The smallest absolute Gasteiger partial charge is 0.147 e. The number of rotatable bonds is 2. The molecule has 4 heteroatoms. The summed E-state index contributed by atoms with van der Waals surface area (Å²) in [6.45, 7) is 0. The summed E-state index contributed by atoms with van der Waals surface area (Å²) in [5.41, 5.74) is 2.79. The molecule has 0 spiro atoms. The number of fused-ring (bicyclic) bond motifs is 3. The van der Waals surface area contributed by atoms with Crippen molar-refractivity contribution in [2.24, 2.45) is 5.92 Å². The van der Waals surface area contributed by atoms with Crippen LogP contribution < -0.4 is 10.1 Å². The molecule has 2 aromatic rings. The summed E-state index contributed by atoms with van der Waals surface area (Å²) in [5, 5.41) is 3.44. The lowest BCUT2D eigenvalue weighted by Gasteiger charge is -2.37. The first kappa shape index (κ1) is 14.8. The third kappa shape index (κ3) is 2.45. The van der Waals surface area contributed by atoms with E-state index in [4.69, 9.17) is 4.74 Å². The minimum absolute atomic E-state index is 0.0771. The fourth-order valence-electron chi connectivity index (χ4n) is 3.79. The Morgan fingerprint density at radius 3 is 2.96 bits per heavy atom. The SMILES string of the molecule is COc1cccc([C@H]2Nc3c(F)cc(Br)cc3[C@H]3C=CC[C@H]32)c1. The van der Waals surface area contributed by atoms with Crippen LogP contribution in [0.2, 0.25) is 0 Å². The molecule has 1 N–H and O–H groups in total. The van der Waals surface area contributed by atoms with E-state index in [1.165, 1.54) is 6.07 Å². The van der Waals surface area contributed by atoms with Gasteiger partial charge in [0.1, 0.15) is 11.6 Å². The topological polar surface area (TPSA) is 21.3 Å². The second kappa shape index (κ2) is 5.68. The first-order chi connectivity index (χ1) is 11.2. The largest absolute Gasteiger partial charge is 0.497 e. The van der Waals surface area contributed by atoms with Gasteiger partial charge in [0.25, 0.3) is 0 Å². The van der Waals surface area contributed by atoms with Crippen LogP contribution in [0.5, 0.6) is 5.75 Å². The van der Waals surface area contributed by atoms with Crippen LogP contribution in [-0.2, 0) is 0 Å². The molecule has 0 aromatic heterocycles. The Morgan fingerprint density at radius 2 is 2.13 bits per heavy atom. The van der Waals surface area contributed by atoms with E-state index in [0.717, 1.165) is 27.8 Å². The van der Waals surface area contributed by atoms with E-state index in [-0.39, 0.29) is 17.8 Å². The average Bonchev–Trinajstić information content (AvgIpc) is 3.04. The highest BCUT2D eigenvalue weighted by atomic mass is 79.9. The van der Waals surface area contributed by atoms with Crippen molar-refractivity contribution in [2.75, 3.05) is 12.4 Å². The molecule has 0 saturated carbocycles. The second-order valence-corrected chi connectivity index (χ2v) is 7.02. The number of halogens is 2. The Labute approximate surface area is 143 Å². The lowest BCUT2D eigenvalue weighted by molar-refractivity contribution is 0.405. The number of nitrogens with one attached hydrogen (secondary N) is 1. The average molecular weight is 374 g/mol. The van der Waals surface area contributed by atoms with Crippen LogP contribution in [0.4, 0.5) is 10.1 Å². The molecule has 0 radical (unpaired) electrons. The molecule has 23 heavy (non-hydrogen) atoms. The Balaban J connectivity index is 1.81. The molecule has 0 bridgehead atoms. The summed E-state index contributed by atoms with van der Waals surface area (Å²) < 4.78 is 20.6. The maximum Gasteiger partial charge on any atom is 0.147 e. The van der Waals surface area contributed by atoms with Gasteiger partial charge >= 0.3 is 0 Å². The lowest BCUT2D eigenvalue weighted by atomic mass is 9.77. The van der Waals surface area contributed by atoms with E-state index in [2.05, 4.69) is 39.5 Å². The predicted octanol–water partition coefficient (Wildman–Crippen LogP) is 5.42. The molecular weight excluding hydrogens is 357 g/mol. The highest BCUT2D eigenvalue weighted by Crippen LogP contribution is 2.51. The zero-order valence-corrected chi connectivity index (χ0v) is 14.3. The van der Waals surface area contributed by atoms with E-state index in [9.17, 15) is 4.39 Å².